The molecular weight excluding hydrogens is 248 g/mol. The second kappa shape index (κ2) is 6.84. The lowest BCUT2D eigenvalue weighted by molar-refractivity contribution is 0.533. The Labute approximate surface area is 121 Å². The second-order valence-corrected chi connectivity index (χ2v) is 5.49. The zero-order valence-corrected chi connectivity index (χ0v) is 12.9. The molecule has 0 aliphatic rings. The van der Waals surface area contributed by atoms with Crippen molar-refractivity contribution in [3.05, 3.63) is 23.7 Å². The summed E-state index contributed by atoms with van der Waals surface area (Å²) in [5, 5.41) is 0. The normalized spacial score (nSPS) is 11.7. The first-order valence-corrected chi connectivity index (χ1v) is 7.74. The largest absolute Gasteiger partial charge is 0.330 e. The van der Waals surface area contributed by atoms with Crippen LogP contribution in [0, 0.1) is 6.92 Å². The molecule has 2 aromatic rings. The molecule has 0 bridgehead atoms. The van der Waals surface area contributed by atoms with Gasteiger partial charge in [0.1, 0.15) is 11.3 Å². The van der Waals surface area contributed by atoms with Crippen LogP contribution in [0.4, 0.5) is 0 Å². The average molecular weight is 274 g/mol. The zero-order chi connectivity index (χ0) is 14.5. The van der Waals surface area contributed by atoms with Crippen molar-refractivity contribution in [3.8, 4) is 0 Å². The minimum absolute atomic E-state index is 0.516. The van der Waals surface area contributed by atoms with E-state index < -0.39 is 0 Å². The van der Waals surface area contributed by atoms with Crippen LogP contribution in [0.5, 0.6) is 0 Å². The third-order valence-electron chi connectivity index (χ3n) is 3.94. The van der Waals surface area contributed by atoms with Crippen LogP contribution in [0.15, 0.2) is 12.3 Å². The molecule has 20 heavy (non-hydrogen) atoms. The van der Waals surface area contributed by atoms with E-state index in [4.69, 9.17) is 10.7 Å². The van der Waals surface area contributed by atoms with E-state index in [1.807, 2.05) is 6.20 Å². The van der Waals surface area contributed by atoms with Crippen molar-refractivity contribution in [1.29, 1.82) is 0 Å². The van der Waals surface area contributed by atoms with Crippen LogP contribution in [-0.4, -0.2) is 21.1 Å². The van der Waals surface area contributed by atoms with Crippen LogP contribution in [0.3, 0.4) is 0 Å². The van der Waals surface area contributed by atoms with Crippen molar-refractivity contribution in [2.75, 3.05) is 6.54 Å². The van der Waals surface area contributed by atoms with Gasteiger partial charge in [-0.1, -0.05) is 13.8 Å². The average Bonchev–Trinajstić information content (AvgIpc) is 2.78. The summed E-state index contributed by atoms with van der Waals surface area (Å²) >= 11 is 0. The summed E-state index contributed by atoms with van der Waals surface area (Å²) in [4.78, 5) is 9.46. The first-order chi connectivity index (χ1) is 9.71. The standard InChI is InChI=1S/C16H26N4/c1-4-13(5-2)15-19-14-10-12(3)11-18-16(14)20(15)9-7-6-8-17/h10-11,13H,4-9,17H2,1-3H3. The summed E-state index contributed by atoms with van der Waals surface area (Å²) in [6.07, 6.45) is 6.31. The molecule has 0 saturated carbocycles. The highest BCUT2D eigenvalue weighted by molar-refractivity contribution is 5.72. The first-order valence-electron chi connectivity index (χ1n) is 7.74. The number of imidazole rings is 1. The number of aryl methyl sites for hydroxylation is 2. The van der Waals surface area contributed by atoms with Gasteiger partial charge < -0.3 is 10.3 Å². The minimum Gasteiger partial charge on any atom is -0.330 e. The van der Waals surface area contributed by atoms with Gasteiger partial charge in [-0.05, 0) is 50.8 Å². The molecule has 4 nitrogen and oxygen atoms in total. The van der Waals surface area contributed by atoms with Crippen LogP contribution in [0.2, 0.25) is 0 Å². The Balaban J connectivity index is 2.44. The highest BCUT2D eigenvalue weighted by atomic mass is 15.1. The Morgan fingerprint density at radius 2 is 2.00 bits per heavy atom. The Morgan fingerprint density at radius 1 is 1.25 bits per heavy atom. The number of nitrogens with two attached hydrogens (primary N) is 1. The number of aromatic nitrogens is 3. The fourth-order valence-corrected chi connectivity index (χ4v) is 2.73. The first kappa shape index (κ1) is 15.0. The maximum atomic E-state index is 5.61. The van der Waals surface area contributed by atoms with E-state index in [1.54, 1.807) is 0 Å². The Kier molecular flexibility index (Phi) is 5.12. The molecule has 2 N–H and O–H groups in total. The van der Waals surface area contributed by atoms with E-state index in [1.165, 1.54) is 11.4 Å². The molecule has 0 radical (unpaired) electrons. The molecule has 0 aromatic carbocycles. The van der Waals surface area contributed by atoms with Crippen molar-refractivity contribution >= 4 is 11.2 Å². The number of nitrogens with zero attached hydrogens (tertiary/aromatic N) is 3. The Hall–Kier alpha value is -1.42. The Bertz CT molecular complexity index is 555. The summed E-state index contributed by atoms with van der Waals surface area (Å²) in [7, 11) is 0. The molecule has 0 amide bonds. The maximum Gasteiger partial charge on any atom is 0.160 e. The smallest absolute Gasteiger partial charge is 0.160 e. The van der Waals surface area contributed by atoms with Crippen LogP contribution < -0.4 is 5.73 Å². The van der Waals surface area contributed by atoms with Crippen LogP contribution in [-0.2, 0) is 6.54 Å². The molecule has 0 atom stereocenters. The van der Waals surface area contributed by atoms with Gasteiger partial charge in [-0.2, -0.15) is 0 Å². The highest BCUT2D eigenvalue weighted by Crippen LogP contribution is 2.26. The van der Waals surface area contributed by atoms with Gasteiger partial charge in [-0.15, -0.1) is 0 Å². The number of hydrogen-bond donors (Lipinski definition) is 1. The van der Waals surface area contributed by atoms with Crippen molar-refractivity contribution in [2.24, 2.45) is 5.73 Å². The predicted molar refractivity (Wildman–Crippen MR) is 83.9 cm³/mol. The number of fused-ring (bicyclic) bond motifs is 1. The molecule has 2 aromatic heterocycles. The summed E-state index contributed by atoms with van der Waals surface area (Å²) < 4.78 is 2.31. The summed E-state index contributed by atoms with van der Waals surface area (Å²) in [5.74, 6) is 1.71. The molecule has 0 fully saturated rings. The van der Waals surface area contributed by atoms with E-state index in [0.717, 1.165) is 49.9 Å². The minimum atomic E-state index is 0.516. The van der Waals surface area contributed by atoms with Gasteiger partial charge in [0, 0.05) is 18.7 Å². The second-order valence-electron chi connectivity index (χ2n) is 5.49. The van der Waals surface area contributed by atoms with Crippen molar-refractivity contribution in [2.45, 2.75) is 58.9 Å². The van der Waals surface area contributed by atoms with Crippen molar-refractivity contribution in [3.63, 3.8) is 0 Å². The third-order valence-corrected chi connectivity index (χ3v) is 3.94. The summed E-state index contributed by atoms with van der Waals surface area (Å²) in [5.41, 5.74) is 8.83. The number of hydrogen-bond acceptors (Lipinski definition) is 3. The third kappa shape index (κ3) is 3.01. The van der Waals surface area contributed by atoms with Gasteiger partial charge in [0.2, 0.25) is 0 Å². The lowest BCUT2D eigenvalue weighted by Gasteiger charge is -2.15. The highest BCUT2D eigenvalue weighted by Gasteiger charge is 2.18. The fourth-order valence-electron chi connectivity index (χ4n) is 2.73. The monoisotopic (exact) mass is 274 g/mol. The Morgan fingerprint density at radius 3 is 2.65 bits per heavy atom. The van der Waals surface area contributed by atoms with E-state index in [-0.39, 0.29) is 0 Å². The number of unbranched alkanes of at least 4 members (excludes halogenated alkanes) is 1. The van der Waals surface area contributed by atoms with Gasteiger partial charge in [0.05, 0.1) is 0 Å². The van der Waals surface area contributed by atoms with Crippen LogP contribution >= 0.6 is 0 Å². The maximum absolute atomic E-state index is 5.61. The van der Waals surface area contributed by atoms with Crippen LogP contribution in [0.1, 0.15) is 56.8 Å². The van der Waals surface area contributed by atoms with Crippen molar-refractivity contribution < 1.29 is 0 Å². The van der Waals surface area contributed by atoms with Crippen LogP contribution in [0.25, 0.3) is 11.2 Å². The van der Waals surface area contributed by atoms with Gasteiger partial charge >= 0.3 is 0 Å². The van der Waals surface area contributed by atoms with Gasteiger partial charge in [-0.25, -0.2) is 9.97 Å². The molecule has 0 aliphatic heterocycles. The topological polar surface area (TPSA) is 56.7 Å². The van der Waals surface area contributed by atoms with Gasteiger partial charge in [-0.3, -0.25) is 0 Å². The fraction of sp³-hybridized carbons (Fsp3) is 0.625. The molecule has 2 heterocycles. The van der Waals surface area contributed by atoms with Gasteiger partial charge in [0.25, 0.3) is 0 Å². The molecule has 2 rings (SSSR count). The van der Waals surface area contributed by atoms with E-state index in [9.17, 15) is 0 Å². The summed E-state index contributed by atoms with van der Waals surface area (Å²) in [6, 6.07) is 2.13. The van der Waals surface area contributed by atoms with E-state index >= 15 is 0 Å². The quantitative estimate of drug-likeness (QED) is 0.787. The molecule has 4 heteroatoms. The zero-order valence-electron chi connectivity index (χ0n) is 12.9. The van der Waals surface area contributed by atoms with Crippen molar-refractivity contribution in [1.82, 2.24) is 14.5 Å². The molecule has 0 aliphatic carbocycles. The lowest BCUT2D eigenvalue weighted by atomic mass is 10.0. The summed E-state index contributed by atoms with van der Waals surface area (Å²) in [6.45, 7) is 8.25. The lowest BCUT2D eigenvalue weighted by Crippen LogP contribution is -2.10. The molecule has 0 spiro atoms. The van der Waals surface area contributed by atoms with Gasteiger partial charge in [0.15, 0.2) is 5.65 Å². The van der Waals surface area contributed by atoms with E-state index in [2.05, 4.69) is 36.4 Å². The predicted octanol–water partition coefficient (Wildman–Crippen LogP) is 3.38. The number of pyridine rings is 1. The number of rotatable bonds is 7. The molecular formula is C16H26N4. The molecule has 0 unspecified atom stereocenters. The SMILES string of the molecule is CCC(CC)c1nc2cc(C)cnc2n1CCCCN. The molecule has 0 saturated heterocycles. The molecule has 110 valence electrons. The van der Waals surface area contributed by atoms with E-state index in [0.29, 0.717) is 5.92 Å².